The van der Waals surface area contributed by atoms with Crippen LogP contribution in [0.15, 0.2) is 36.7 Å². The van der Waals surface area contributed by atoms with Gasteiger partial charge in [-0.05, 0) is 17.7 Å². The minimum absolute atomic E-state index is 0.118. The standard InChI is InChI=1S/C14H13ClFNO2/c1-19-13-4-2-3-9(14(13)16)7-12(18)10-5-6-17-8-11(10)15/h2-6,8,12,18H,7H2,1H3. The van der Waals surface area contributed by atoms with E-state index in [0.29, 0.717) is 16.1 Å². The van der Waals surface area contributed by atoms with Crippen LogP contribution in [0.4, 0.5) is 4.39 Å². The second-order valence-electron chi connectivity index (χ2n) is 4.05. The summed E-state index contributed by atoms with van der Waals surface area (Å²) in [6.45, 7) is 0. The van der Waals surface area contributed by atoms with E-state index in [0.717, 1.165) is 0 Å². The summed E-state index contributed by atoms with van der Waals surface area (Å²) in [6, 6.07) is 6.43. The third-order valence-corrected chi connectivity index (χ3v) is 3.16. The highest BCUT2D eigenvalue weighted by Crippen LogP contribution is 2.28. The third-order valence-electron chi connectivity index (χ3n) is 2.84. The number of methoxy groups -OCH3 is 1. The van der Waals surface area contributed by atoms with Crippen LogP contribution in [-0.4, -0.2) is 17.2 Å². The lowest BCUT2D eigenvalue weighted by molar-refractivity contribution is 0.177. The minimum Gasteiger partial charge on any atom is -0.494 e. The average molecular weight is 282 g/mol. The van der Waals surface area contributed by atoms with Crippen LogP contribution in [0, 0.1) is 5.82 Å². The SMILES string of the molecule is COc1cccc(CC(O)c2ccncc2Cl)c1F. The van der Waals surface area contributed by atoms with Crippen molar-refractivity contribution in [3.8, 4) is 5.75 Å². The molecule has 1 aromatic carbocycles. The Labute approximate surface area is 115 Å². The van der Waals surface area contributed by atoms with E-state index in [1.165, 1.54) is 25.6 Å². The summed E-state index contributed by atoms with van der Waals surface area (Å²) in [4.78, 5) is 3.84. The molecule has 0 aliphatic carbocycles. The third kappa shape index (κ3) is 3.03. The predicted octanol–water partition coefficient (Wildman–Crippen LogP) is 3.16. The number of benzene rings is 1. The second-order valence-corrected chi connectivity index (χ2v) is 4.46. The van der Waals surface area contributed by atoms with Crippen molar-refractivity contribution in [2.24, 2.45) is 0 Å². The Morgan fingerprint density at radius 3 is 2.89 bits per heavy atom. The summed E-state index contributed by atoms with van der Waals surface area (Å²) in [5.41, 5.74) is 0.901. The Hall–Kier alpha value is -1.65. The first-order chi connectivity index (χ1) is 9.13. The van der Waals surface area contributed by atoms with E-state index in [1.807, 2.05) is 0 Å². The van der Waals surface area contributed by atoms with E-state index >= 15 is 0 Å². The Morgan fingerprint density at radius 2 is 2.21 bits per heavy atom. The normalized spacial score (nSPS) is 12.2. The second kappa shape index (κ2) is 5.99. The summed E-state index contributed by atoms with van der Waals surface area (Å²) in [6.07, 6.45) is 2.21. The van der Waals surface area contributed by atoms with Gasteiger partial charge in [-0.3, -0.25) is 4.98 Å². The van der Waals surface area contributed by atoms with Crippen molar-refractivity contribution < 1.29 is 14.2 Å². The lowest BCUT2D eigenvalue weighted by Gasteiger charge is -2.14. The van der Waals surface area contributed by atoms with E-state index in [2.05, 4.69) is 4.98 Å². The molecule has 100 valence electrons. The fourth-order valence-electron chi connectivity index (χ4n) is 1.85. The van der Waals surface area contributed by atoms with Gasteiger partial charge >= 0.3 is 0 Å². The maximum absolute atomic E-state index is 14.0. The summed E-state index contributed by atoms with van der Waals surface area (Å²) in [5, 5.41) is 10.5. The lowest BCUT2D eigenvalue weighted by Crippen LogP contribution is -2.05. The van der Waals surface area contributed by atoms with Crippen LogP contribution in [0.3, 0.4) is 0 Å². The van der Waals surface area contributed by atoms with Crippen LogP contribution < -0.4 is 4.74 Å². The van der Waals surface area contributed by atoms with Gasteiger partial charge in [0.2, 0.25) is 0 Å². The molecule has 1 atom stereocenters. The highest BCUT2D eigenvalue weighted by molar-refractivity contribution is 6.31. The van der Waals surface area contributed by atoms with Gasteiger partial charge in [0.1, 0.15) is 0 Å². The molecule has 0 spiro atoms. The average Bonchev–Trinajstić information content (AvgIpc) is 2.41. The quantitative estimate of drug-likeness (QED) is 0.936. The van der Waals surface area contributed by atoms with Gasteiger partial charge in [0, 0.05) is 24.4 Å². The Kier molecular flexibility index (Phi) is 4.35. The van der Waals surface area contributed by atoms with Gasteiger partial charge in [0.15, 0.2) is 11.6 Å². The molecule has 3 nitrogen and oxygen atoms in total. The number of nitrogens with zero attached hydrogens (tertiary/aromatic N) is 1. The largest absolute Gasteiger partial charge is 0.494 e. The fraction of sp³-hybridized carbons (Fsp3) is 0.214. The molecule has 5 heteroatoms. The topological polar surface area (TPSA) is 42.4 Å². The van der Waals surface area contributed by atoms with Gasteiger partial charge in [0.05, 0.1) is 18.2 Å². The number of halogens is 2. The van der Waals surface area contributed by atoms with Crippen LogP contribution in [0.5, 0.6) is 5.75 Å². The Balaban J connectivity index is 2.24. The molecule has 1 aromatic heterocycles. The first kappa shape index (κ1) is 13.8. The number of aromatic nitrogens is 1. The summed E-state index contributed by atoms with van der Waals surface area (Å²) < 4.78 is 18.9. The van der Waals surface area contributed by atoms with Crippen LogP contribution in [0.1, 0.15) is 17.2 Å². The predicted molar refractivity (Wildman–Crippen MR) is 70.9 cm³/mol. The summed E-state index contributed by atoms with van der Waals surface area (Å²) in [7, 11) is 1.40. The highest BCUT2D eigenvalue weighted by Gasteiger charge is 2.16. The van der Waals surface area contributed by atoms with Crippen molar-refractivity contribution in [2.45, 2.75) is 12.5 Å². The number of aliphatic hydroxyl groups is 1. The van der Waals surface area contributed by atoms with E-state index in [9.17, 15) is 9.50 Å². The van der Waals surface area contributed by atoms with Crippen molar-refractivity contribution in [1.82, 2.24) is 4.98 Å². The Bertz CT molecular complexity index is 577. The fourth-order valence-corrected chi connectivity index (χ4v) is 2.09. The molecule has 0 aliphatic rings. The van der Waals surface area contributed by atoms with Gasteiger partial charge in [0.25, 0.3) is 0 Å². The van der Waals surface area contributed by atoms with Crippen LogP contribution in [0.25, 0.3) is 0 Å². The van der Waals surface area contributed by atoms with Gasteiger partial charge in [-0.2, -0.15) is 0 Å². The van der Waals surface area contributed by atoms with Gasteiger partial charge in [-0.1, -0.05) is 23.7 Å². The number of pyridine rings is 1. The molecule has 0 fully saturated rings. The summed E-state index contributed by atoms with van der Waals surface area (Å²) in [5.74, 6) is -0.306. The number of ether oxygens (including phenoxy) is 1. The first-order valence-electron chi connectivity index (χ1n) is 5.72. The molecular formula is C14H13ClFNO2. The molecule has 0 saturated carbocycles. The maximum atomic E-state index is 14.0. The zero-order valence-electron chi connectivity index (χ0n) is 10.3. The van der Waals surface area contributed by atoms with Gasteiger partial charge < -0.3 is 9.84 Å². The van der Waals surface area contributed by atoms with E-state index in [1.54, 1.807) is 18.2 Å². The molecule has 2 rings (SSSR count). The molecule has 2 aromatic rings. The molecule has 0 saturated heterocycles. The smallest absolute Gasteiger partial charge is 0.168 e. The van der Waals surface area contributed by atoms with Crippen molar-refractivity contribution in [2.75, 3.05) is 7.11 Å². The molecule has 19 heavy (non-hydrogen) atoms. The van der Waals surface area contributed by atoms with Crippen molar-refractivity contribution in [1.29, 1.82) is 0 Å². The molecular weight excluding hydrogens is 269 g/mol. The Morgan fingerprint density at radius 1 is 1.42 bits per heavy atom. The first-order valence-corrected chi connectivity index (χ1v) is 6.10. The minimum atomic E-state index is -0.892. The zero-order valence-corrected chi connectivity index (χ0v) is 11.1. The van der Waals surface area contributed by atoms with Gasteiger partial charge in [-0.15, -0.1) is 0 Å². The summed E-state index contributed by atoms with van der Waals surface area (Å²) >= 11 is 5.94. The molecule has 0 aliphatic heterocycles. The number of hydrogen-bond donors (Lipinski definition) is 1. The van der Waals surface area contributed by atoms with Crippen LogP contribution >= 0.6 is 11.6 Å². The van der Waals surface area contributed by atoms with E-state index in [-0.39, 0.29) is 12.2 Å². The van der Waals surface area contributed by atoms with Gasteiger partial charge in [-0.25, -0.2) is 4.39 Å². The molecule has 0 amide bonds. The number of rotatable bonds is 4. The number of aliphatic hydroxyl groups excluding tert-OH is 1. The molecule has 0 radical (unpaired) electrons. The maximum Gasteiger partial charge on any atom is 0.168 e. The lowest BCUT2D eigenvalue weighted by atomic mass is 10.0. The van der Waals surface area contributed by atoms with E-state index < -0.39 is 11.9 Å². The highest BCUT2D eigenvalue weighted by atomic mass is 35.5. The zero-order chi connectivity index (χ0) is 13.8. The van der Waals surface area contributed by atoms with Crippen molar-refractivity contribution in [3.63, 3.8) is 0 Å². The number of hydrogen-bond acceptors (Lipinski definition) is 3. The molecule has 1 N–H and O–H groups in total. The van der Waals surface area contributed by atoms with Crippen molar-refractivity contribution in [3.05, 3.63) is 58.6 Å². The molecule has 0 bridgehead atoms. The monoisotopic (exact) mass is 281 g/mol. The molecule has 1 unspecified atom stereocenters. The van der Waals surface area contributed by atoms with Crippen molar-refractivity contribution >= 4 is 11.6 Å². The van der Waals surface area contributed by atoms with E-state index in [4.69, 9.17) is 16.3 Å². The van der Waals surface area contributed by atoms with Crippen LogP contribution in [-0.2, 0) is 6.42 Å². The molecule has 1 heterocycles. The van der Waals surface area contributed by atoms with Crippen LogP contribution in [0.2, 0.25) is 5.02 Å².